The molecule has 1 aromatic heterocycles. The molecule has 5 heteroatoms. The number of hydrogen-bond donors (Lipinski definition) is 2. The van der Waals surface area contributed by atoms with E-state index in [4.69, 9.17) is 0 Å². The summed E-state index contributed by atoms with van der Waals surface area (Å²) in [6.07, 6.45) is 2.47. The number of phenols is 1. The third-order valence-corrected chi connectivity index (χ3v) is 3.04. The molecule has 0 unspecified atom stereocenters. The molecular formula is C14H17N3O2. The number of carbonyl (C=O) groups excluding carboxylic acids is 1. The molecule has 2 rings (SSSR count). The van der Waals surface area contributed by atoms with Gasteiger partial charge in [0.2, 0.25) is 0 Å². The number of amides is 1. The molecule has 5 nitrogen and oxygen atoms in total. The summed E-state index contributed by atoms with van der Waals surface area (Å²) in [5.74, 6) is 0.0450. The van der Waals surface area contributed by atoms with Crippen LogP contribution < -0.4 is 5.32 Å². The number of phenolic OH excluding ortho intramolecular Hbond substituents is 1. The van der Waals surface area contributed by atoms with Gasteiger partial charge in [-0.25, -0.2) is 0 Å². The Kier molecular flexibility index (Phi) is 3.85. The first kappa shape index (κ1) is 13.1. The summed E-state index contributed by atoms with van der Waals surface area (Å²) < 4.78 is 1.79. The van der Waals surface area contributed by atoms with Crippen molar-refractivity contribution in [2.75, 3.05) is 6.54 Å². The number of aromatic hydroxyl groups is 1. The van der Waals surface area contributed by atoms with E-state index in [2.05, 4.69) is 10.4 Å². The Morgan fingerprint density at radius 3 is 2.84 bits per heavy atom. The molecule has 0 aliphatic rings. The van der Waals surface area contributed by atoms with Gasteiger partial charge in [-0.1, -0.05) is 0 Å². The summed E-state index contributed by atoms with van der Waals surface area (Å²) in [5.41, 5.74) is 2.42. The number of hydrogen-bond acceptors (Lipinski definition) is 3. The summed E-state index contributed by atoms with van der Waals surface area (Å²) in [4.78, 5) is 12.0. The van der Waals surface area contributed by atoms with Crippen LogP contribution in [0.4, 0.5) is 0 Å². The van der Waals surface area contributed by atoms with E-state index in [1.165, 1.54) is 6.07 Å². The Hall–Kier alpha value is -2.30. The SMILES string of the molecule is Cc1cc(O)ccc1C(=O)NCCc1ccnn1C. The van der Waals surface area contributed by atoms with Crippen LogP contribution in [0, 0.1) is 6.92 Å². The maximum absolute atomic E-state index is 12.0. The molecule has 0 fully saturated rings. The lowest BCUT2D eigenvalue weighted by Gasteiger charge is -2.08. The van der Waals surface area contributed by atoms with E-state index >= 15 is 0 Å². The van der Waals surface area contributed by atoms with Gasteiger partial charge in [-0.05, 0) is 36.8 Å². The summed E-state index contributed by atoms with van der Waals surface area (Å²) in [6.45, 7) is 2.36. The van der Waals surface area contributed by atoms with Crippen molar-refractivity contribution in [3.63, 3.8) is 0 Å². The van der Waals surface area contributed by atoms with E-state index in [1.807, 2.05) is 13.1 Å². The number of nitrogens with one attached hydrogen (secondary N) is 1. The molecule has 0 saturated carbocycles. The van der Waals surface area contributed by atoms with Gasteiger partial charge in [0.15, 0.2) is 0 Å². The first-order chi connectivity index (χ1) is 9.08. The summed E-state index contributed by atoms with van der Waals surface area (Å²) >= 11 is 0. The fourth-order valence-corrected chi connectivity index (χ4v) is 1.95. The maximum atomic E-state index is 12.0. The quantitative estimate of drug-likeness (QED) is 0.872. The molecule has 0 aliphatic heterocycles. The number of benzene rings is 1. The molecule has 0 bridgehead atoms. The lowest BCUT2D eigenvalue weighted by molar-refractivity contribution is 0.0953. The summed E-state index contributed by atoms with van der Waals surface area (Å²) in [5, 5.41) is 16.2. The topological polar surface area (TPSA) is 67.2 Å². The monoisotopic (exact) mass is 259 g/mol. The minimum atomic E-state index is -0.125. The van der Waals surface area contributed by atoms with E-state index in [1.54, 1.807) is 29.9 Å². The van der Waals surface area contributed by atoms with Gasteiger partial charge in [0.05, 0.1) is 0 Å². The predicted octanol–water partition coefficient (Wildman–Crippen LogP) is 1.41. The third kappa shape index (κ3) is 3.13. The van der Waals surface area contributed by atoms with Crippen LogP contribution in [0.15, 0.2) is 30.5 Å². The highest BCUT2D eigenvalue weighted by molar-refractivity contribution is 5.95. The van der Waals surface area contributed by atoms with Crippen LogP contribution in [0.1, 0.15) is 21.6 Å². The van der Waals surface area contributed by atoms with Crippen molar-refractivity contribution in [3.8, 4) is 5.75 Å². The molecule has 0 atom stereocenters. The van der Waals surface area contributed by atoms with Gasteiger partial charge in [0.25, 0.3) is 5.91 Å². The Morgan fingerprint density at radius 2 is 2.21 bits per heavy atom. The molecular weight excluding hydrogens is 242 g/mol. The first-order valence-electron chi connectivity index (χ1n) is 6.12. The van der Waals surface area contributed by atoms with Crippen molar-refractivity contribution in [3.05, 3.63) is 47.3 Å². The van der Waals surface area contributed by atoms with Crippen molar-refractivity contribution >= 4 is 5.91 Å². The Labute approximate surface area is 111 Å². The van der Waals surface area contributed by atoms with Crippen molar-refractivity contribution in [2.24, 2.45) is 7.05 Å². The normalized spacial score (nSPS) is 10.4. The van der Waals surface area contributed by atoms with Crippen molar-refractivity contribution in [1.82, 2.24) is 15.1 Å². The molecule has 2 N–H and O–H groups in total. The highest BCUT2D eigenvalue weighted by Crippen LogP contribution is 2.15. The lowest BCUT2D eigenvalue weighted by atomic mass is 10.1. The van der Waals surface area contributed by atoms with Crippen LogP contribution in [-0.4, -0.2) is 27.3 Å². The molecule has 1 aromatic carbocycles. The molecule has 0 radical (unpaired) electrons. The third-order valence-electron chi connectivity index (χ3n) is 3.04. The molecule has 0 saturated heterocycles. The van der Waals surface area contributed by atoms with Crippen LogP contribution in [0.5, 0.6) is 5.75 Å². The Bertz CT molecular complexity index is 590. The zero-order chi connectivity index (χ0) is 13.8. The van der Waals surface area contributed by atoms with Crippen LogP contribution >= 0.6 is 0 Å². The van der Waals surface area contributed by atoms with Crippen LogP contribution in [-0.2, 0) is 13.5 Å². The van der Waals surface area contributed by atoms with Crippen LogP contribution in [0.2, 0.25) is 0 Å². The summed E-state index contributed by atoms with van der Waals surface area (Å²) in [6, 6.07) is 6.65. The fourth-order valence-electron chi connectivity index (χ4n) is 1.95. The minimum Gasteiger partial charge on any atom is -0.508 e. The highest BCUT2D eigenvalue weighted by Gasteiger charge is 2.09. The Morgan fingerprint density at radius 1 is 1.42 bits per heavy atom. The van der Waals surface area contributed by atoms with Gasteiger partial charge in [-0.15, -0.1) is 0 Å². The van der Waals surface area contributed by atoms with Crippen molar-refractivity contribution in [1.29, 1.82) is 0 Å². The number of aromatic nitrogens is 2. The van der Waals surface area contributed by atoms with E-state index in [9.17, 15) is 9.90 Å². The van der Waals surface area contributed by atoms with Gasteiger partial charge in [-0.3, -0.25) is 9.48 Å². The molecule has 0 aliphatic carbocycles. The lowest BCUT2D eigenvalue weighted by Crippen LogP contribution is -2.26. The average molecular weight is 259 g/mol. The second-order valence-electron chi connectivity index (χ2n) is 4.45. The molecule has 1 heterocycles. The smallest absolute Gasteiger partial charge is 0.251 e. The second kappa shape index (κ2) is 5.56. The average Bonchev–Trinajstić information content (AvgIpc) is 2.75. The molecule has 19 heavy (non-hydrogen) atoms. The van der Waals surface area contributed by atoms with E-state index < -0.39 is 0 Å². The maximum Gasteiger partial charge on any atom is 0.251 e. The zero-order valence-corrected chi connectivity index (χ0v) is 11.1. The molecule has 100 valence electrons. The number of aryl methyl sites for hydroxylation is 2. The van der Waals surface area contributed by atoms with Gasteiger partial charge < -0.3 is 10.4 Å². The standard InChI is InChI=1S/C14H17N3O2/c1-10-9-12(18)3-4-13(10)14(19)15-7-5-11-6-8-16-17(11)2/h3-4,6,8-9,18H,5,7H2,1-2H3,(H,15,19). The van der Waals surface area contributed by atoms with E-state index in [0.29, 0.717) is 12.1 Å². The van der Waals surface area contributed by atoms with Gasteiger partial charge >= 0.3 is 0 Å². The van der Waals surface area contributed by atoms with E-state index in [-0.39, 0.29) is 11.7 Å². The van der Waals surface area contributed by atoms with Crippen LogP contribution in [0.25, 0.3) is 0 Å². The molecule has 1 amide bonds. The minimum absolute atomic E-state index is 0.125. The number of rotatable bonds is 4. The zero-order valence-electron chi connectivity index (χ0n) is 11.1. The van der Waals surface area contributed by atoms with Gasteiger partial charge in [0, 0.05) is 37.5 Å². The number of carbonyl (C=O) groups is 1. The van der Waals surface area contributed by atoms with Crippen LogP contribution in [0.3, 0.4) is 0 Å². The number of nitrogens with zero attached hydrogens (tertiary/aromatic N) is 2. The van der Waals surface area contributed by atoms with Crippen molar-refractivity contribution in [2.45, 2.75) is 13.3 Å². The molecule has 2 aromatic rings. The largest absolute Gasteiger partial charge is 0.508 e. The first-order valence-corrected chi connectivity index (χ1v) is 6.12. The van der Waals surface area contributed by atoms with E-state index in [0.717, 1.165) is 17.7 Å². The summed E-state index contributed by atoms with van der Waals surface area (Å²) in [7, 11) is 1.88. The fraction of sp³-hybridized carbons (Fsp3) is 0.286. The highest BCUT2D eigenvalue weighted by atomic mass is 16.3. The second-order valence-corrected chi connectivity index (χ2v) is 4.45. The van der Waals surface area contributed by atoms with Gasteiger partial charge in [0.1, 0.15) is 5.75 Å². The van der Waals surface area contributed by atoms with Gasteiger partial charge in [-0.2, -0.15) is 5.10 Å². The Balaban J connectivity index is 1.93. The van der Waals surface area contributed by atoms with Crippen molar-refractivity contribution < 1.29 is 9.90 Å². The molecule has 0 spiro atoms. The predicted molar refractivity (Wildman–Crippen MR) is 72.1 cm³/mol.